The van der Waals surface area contributed by atoms with E-state index in [0.717, 1.165) is 89.1 Å². The van der Waals surface area contributed by atoms with Crippen molar-refractivity contribution >= 4 is 21.8 Å². The van der Waals surface area contributed by atoms with Gasteiger partial charge in [0.05, 0.1) is 11.0 Å². The predicted molar refractivity (Wildman–Crippen MR) is 189 cm³/mol. The fourth-order valence-electron chi connectivity index (χ4n) is 7.74. The molecule has 3 aromatic carbocycles. The van der Waals surface area contributed by atoms with Gasteiger partial charge in [-0.1, -0.05) is 111 Å². The number of benzene rings is 3. The van der Waals surface area contributed by atoms with Gasteiger partial charge in [-0.05, 0) is 48.4 Å². The molecule has 48 heavy (non-hydrogen) atoms. The number of hydrogen-bond donors (Lipinski definition) is 1. The number of aromatic nitrogens is 4. The Morgan fingerprint density at radius 2 is 1.38 bits per heavy atom. The second kappa shape index (κ2) is 13.1. The molecule has 0 unspecified atom stereocenters. The summed E-state index contributed by atoms with van der Waals surface area (Å²) in [6.07, 6.45) is 10.1. The van der Waals surface area contributed by atoms with E-state index in [1.54, 1.807) is 6.20 Å². The molecule has 1 aliphatic rings. The quantitative estimate of drug-likeness (QED) is 0.0898. The van der Waals surface area contributed by atoms with Crippen LogP contribution in [-0.4, -0.2) is 19.7 Å². The van der Waals surface area contributed by atoms with E-state index in [0.29, 0.717) is 0 Å². The molecule has 0 aliphatic heterocycles. The van der Waals surface area contributed by atoms with Gasteiger partial charge in [-0.25, -0.2) is 0 Å². The Balaban J connectivity index is 0.00000364. The molecule has 0 atom stereocenters. The van der Waals surface area contributed by atoms with Crippen LogP contribution >= 0.6 is 0 Å². The zero-order valence-corrected chi connectivity index (χ0v) is 29.5. The van der Waals surface area contributed by atoms with Crippen molar-refractivity contribution in [2.24, 2.45) is 0 Å². The van der Waals surface area contributed by atoms with E-state index in [-0.39, 0.29) is 26.5 Å². The summed E-state index contributed by atoms with van der Waals surface area (Å²) in [5.41, 5.74) is 10.7. The van der Waals surface area contributed by atoms with Crippen molar-refractivity contribution in [3.05, 3.63) is 133 Å². The van der Waals surface area contributed by atoms with Crippen LogP contribution in [0.25, 0.3) is 61.4 Å². The molecular weight excluding hydrogens is 772 g/mol. The van der Waals surface area contributed by atoms with E-state index in [2.05, 4.69) is 103 Å². The standard InChI is InChI=1S/C42H38N4O.Pt/c1-3-5-22-42(23-6-4-2)34-20-21-37(44-40(34)41-35(42)16-13-25-45(41)47)30-26-29(36-17-11-12-24-43-36)27-31(28-30)46-38-18-9-7-14-32(38)33-15-8-10-19-39(33)46;/h7-21,24-25,27-28,47H,3-6,22-23H2,1-2H3;. The number of fused-ring (bicyclic) bond motifs is 6. The average Bonchev–Trinajstić information content (AvgIpc) is 3.61. The van der Waals surface area contributed by atoms with Crippen molar-refractivity contribution in [2.75, 3.05) is 0 Å². The summed E-state index contributed by atoms with van der Waals surface area (Å²) in [5, 5.41) is 13.7. The molecule has 0 saturated heterocycles. The molecule has 0 bridgehead atoms. The minimum absolute atomic E-state index is 0. The van der Waals surface area contributed by atoms with Crippen molar-refractivity contribution in [3.63, 3.8) is 0 Å². The van der Waals surface area contributed by atoms with E-state index in [1.165, 1.54) is 26.6 Å². The van der Waals surface area contributed by atoms with Gasteiger partial charge in [-0.15, -0.1) is 18.2 Å². The van der Waals surface area contributed by atoms with Crippen LogP contribution in [0, 0.1) is 6.07 Å². The van der Waals surface area contributed by atoms with E-state index in [4.69, 9.17) is 9.97 Å². The molecule has 0 spiro atoms. The molecule has 4 aromatic heterocycles. The zero-order valence-electron chi connectivity index (χ0n) is 27.3. The summed E-state index contributed by atoms with van der Waals surface area (Å²) in [6.45, 7) is 4.50. The molecule has 7 aromatic rings. The summed E-state index contributed by atoms with van der Waals surface area (Å²) in [7, 11) is 0. The van der Waals surface area contributed by atoms with Crippen molar-refractivity contribution in [3.8, 4) is 39.6 Å². The minimum Gasteiger partial charge on any atom is -0.323 e. The SMILES string of the molecule is CCCCC1(CCCC)c2ccc(-c3[c-]c(-c4ccccn4)cc(-n4c5ccccc5c5ccccc54)c3)nc2-c2c1ccc[n+]2O.[Pt]. The number of unbranched alkanes of at least 4 members (excludes halogenated alkanes) is 2. The summed E-state index contributed by atoms with van der Waals surface area (Å²) in [4.78, 5) is 10.1. The van der Waals surface area contributed by atoms with E-state index < -0.39 is 0 Å². The molecule has 0 saturated carbocycles. The van der Waals surface area contributed by atoms with Crippen molar-refractivity contribution < 1.29 is 31.0 Å². The Morgan fingerprint density at radius 3 is 2.02 bits per heavy atom. The second-order valence-corrected chi connectivity index (χ2v) is 12.7. The van der Waals surface area contributed by atoms with Crippen LogP contribution in [0.2, 0.25) is 0 Å². The van der Waals surface area contributed by atoms with E-state index in [1.807, 2.05) is 30.5 Å². The molecule has 1 aliphatic carbocycles. The summed E-state index contributed by atoms with van der Waals surface area (Å²) >= 11 is 0. The van der Waals surface area contributed by atoms with Crippen LogP contribution in [0.4, 0.5) is 0 Å². The maximum atomic E-state index is 11.2. The molecule has 5 nitrogen and oxygen atoms in total. The summed E-state index contributed by atoms with van der Waals surface area (Å²) in [5.74, 6) is 0. The van der Waals surface area contributed by atoms with Gasteiger partial charge in [0.2, 0.25) is 6.20 Å². The Labute approximate surface area is 296 Å². The molecule has 242 valence electrons. The normalized spacial score (nSPS) is 13.0. The maximum Gasteiger partial charge on any atom is 0.286 e. The van der Waals surface area contributed by atoms with Crippen LogP contribution in [0.5, 0.6) is 0 Å². The van der Waals surface area contributed by atoms with Gasteiger partial charge < -0.3 is 4.57 Å². The summed E-state index contributed by atoms with van der Waals surface area (Å²) < 4.78 is 3.61. The first-order chi connectivity index (χ1) is 23.1. The topological polar surface area (TPSA) is 54.8 Å². The largest absolute Gasteiger partial charge is 0.323 e. The van der Waals surface area contributed by atoms with E-state index in [9.17, 15) is 5.21 Å². The van der Waals surface area contributed by atoms with Crippen LogP contribution in [0.15, 0.2) is 116 Å². The van der Waals surface area contributed by atoms with Crippen LogP contribution < -0.4 is 4.73 Å². The number of para-hydroxylation sites is 2. The first-order valence-electron chi connectivity index (χ1n) is 16.9. The molecule has 8 rings (SSSR count). The van der Waals surface area contributed by atoms with E-state index >= 15 is 0 Å². The van der Waals surface area contributed by atoms with Gasteiger partial charge in [0.1, 0.15) is 5.69 Å². The third kappa shape index (κ3) is 5.16. The van der Waals surface area contributed by atoms with Gasteiger partial charge in [0.15, 0.2) is 0 Å². The zero-order chi connectivity index (χ0) is 32.0. The first-order valence-corrected chi connectivity index (χ1v) is 16.9. The van der Waals surface area contributed by atoms with Gasteiger partial charge in [0, 0.05) is 71.2 Å². The average molecular weight is 810 g/mol. The van der Waals surface area contributed by atoms with Crippen molar-refractivity contribution in [1.29, 1.82) is 0 Å². The predicted octanol–water partition coefficient (Wildman–Crippen LogP) is 9.88. The summed E-state index contributed by atoms with van der Waals surface area (Å²) in [6, 6.07) is 39.8. The van der Waals surface area contributed by atoms with Gasteiger partial charge in [0.25, 0.3) is 5.69 Å². The monoisotopic (exact) mass is 809 g/mol. The van der Waals surface area contributed by atoms with Gasteiger partial charge in [-0.2, -0.15) is 0 Å². The number of hydrogen-bond acceptors (Lipinski definition) is 3. The second-order valence-electron chi connectivity index (χ2n) is 12.7. The molecule has 4 heterocycles. The maximum absolute atomic E-state index is 11.2. The Morgan fingerprint density at radius 1 is 0.729 bits per heavy atom. The molecule has 0 fully saturated rings. The number of pyridine rings is 3. The van der Waals surface area contributed by atoms with Crippen LogP contribution in [-0.2, 0) is 26.5 Å². The fraction of sp³-hybridized carbons (Fsp3) is 0.214. The Bertz CT molecular complexity index is 2200. The third-order valence-electron chi connectivity index (χ3n) is 9.95. The number of rotatable bonds is 9. The van der Waals surface area contributed by atoms with Gasteiger partial charge in [-0.3, -0.25) is 15.2 Å². The van der Waals surface area contributed by atoms with Crippen molar-refractivity contribution in [1.82, 2.24) is 14.5 Å². The molecule has 1 N–H and O–H groups in total. The number of nitrogens with zero attached hydrogens (tertiary/aromatic N) is 4. The minimum atomic E-state index is -0.165. The van der Waals surface area contributed by atoms with Crippen LogP contribution in [0.3, 0.4) is 0 Å². The Hall–Kier alpha value is -4.60. The van der Waals surface area contributed by atoms with Crippen molar-refractivity contribution in [2.45, 2.75) is 57.8 Å². The first kappa shape index (κ1) is 32.0. The molecule has 6 heteroatoms. The smallest absolute Gasteiger partial charge is 0.286 e. The molecule has 0 radical (unpaired) electrons. The Kier molecular flexibility index (Phi) is 8.74. The molecule has 0 amide bonds. The third-order valence-corrected chi connectivity index (χ3v) is 9.95. The van der Waals surface area contributed by atoms with Gasteiger partial charge >= 0.3 is 0 Å². The molecular formula is C42H38N4OPt. The van der Waals surface area contributed by atoms with Crippen LogP contribution in [0.1, 0.15) is 63.5 Å². The fourth-order valence-corrected chi connectivity index (χ4v) is 7.74.